The maximum atomic E-state index is 13.5. The number of aromatic nitrogens is 2. The van der Waals surface area contributed by atoms with Crippen molar-refractivity contribution >= 4 is 23.6 Å². The minimum atomic E-state index is -4.55. The fourth-order valence-electron chi connectivity index (χ4n) is 5.79. The maximum absolute atomic E-state index is 13.5. The van der Waals surface area contributed by atoms with Crippen molar-refractivity contribution in [3.63, 3.8) is 0 Å². The summed E-state index contributed by atoms with van der Waals surface area (Å²) in [6, 6.07) is 12.1. The summed E-state index contributed by atoms with van der Waals surface area (Å²) in [5, 5.41) is 21.0. The van der Waals surface area contributed by atoms with Crippen LogP contribution in [0.1, 0.15) is 68.6 Å². The van der Waals surface area contributed by atoms with E-state index in [4.69, 9.17) is 21.1 Å². The van der Waals surface area contributed by atoms with E-state index in [1.807, 2.05) is 25.1 Å². The highest BCUT2D eigenvalue weighted by atomic mass is 35.5. The van der Waals surface area contributed by atoms with Gasteiger partial charge in [0.05, 0.1) is 22.2 Å². The number of hydrogen-bond acceptors (Lipinski definition) is 6. The molecule has 1 aliphatic carbocycles. The average molecular weight is 715 g/mol. The Morgan fingerprint density at radius 2 is 1.84 bits per heavy atom. The fourth-order valence-corrected chi connectivity index (χ4v) is 6.11. The second-order valence-electron chi connectivity index (χ2n) is 13.0. The lowest BCUT2D eigenvalue weighted by molar-refractivity contribution is -0.211. The van der Waals surface area contributed by atoms with Crippen LogP contribution in [0.3, 0.4) is 0 Å². The first-order valence-electron chi connectivity index (χ1n) is 15.8. The molecule has 0 unspecified atom stereocenters. The number of hydrogen-bond donors (Lipinski definition) is 3. The van der Waals surface area contributed by atoms with Gasteiger partial charge in [0.25, 0.3) is 5.91 Å². The minimum absolute atomic E-state index is 0.00885. The van der Waals surface area contributed by atoms with Crippen molar-refractivity contribution in [3.05, 3.63) is 70.4 Å². The fraction of sp³-hybridized carbons (Fsp3) is 0.500. The van der Waals surface area contributed by atoms with Crippen LogP contribution < -0.4 is 15.4 Å². The number of ether oxygens (including phenoxy) is 2. The molecule has 2 amide bonds. The molecule has 3 atom stereocenters. The van der Waals surface area contributed by atoms with Gasteiger partial charge in [-0.25, -0.2) is 4.79 Å². The molecule has 4 rings (SSSR count). The van der Waals surface area contributed by atoms with E-state index < -0.39 is 54.0 Å². The molecule has 0 aliphatic heterocycles. The number of aliphatic hydroxyl groups is 1. The van der Waals surface area contributed by atoms with Gasteiger partial charge in [0.2, 0.25) is 0 Å². The first-order valence-corrected chi connectivity index (χ1v) is 16.2. The lowest BCUT2D eigenvalue weighted by atomic mass is 9.75. The summed E-state index contributed by atoms with van der Waals surface area (Å²) in [5.74, 6) is -1.05. The van der Waals surface area contributed by atoms with Crippen molar-refractivity contribution in [2.24, 2.45) is 11.3 Å². The third-order valence-corrected chi connectivity index (χ3v) is 9.11. The van der Waals surface area contributed by atoms with Gasteiger partial charge in [0, 0.05) is 18.7 Å². The molecule has 0 radical (unpaired) electrons. The molecule has 1 aliphatic rings. The van der Waals surface area contributed by atoms with Crippen molar-refractivity contribution in [2.75, 3.05) is 6.54 Å². The maximum Gasteiger partial charge on any atom is 0.407 e. The molecular weight excluding hydrogens is 675 g/mol. The van der Waals surface area contributed by atoms with Crippen molar-refractivity contribution in [3.8, 4) is 17.0 Å². The normalized spacial score (nSPS) is 19.8. The van der Waals surface area contributed by atoms with E-state index in [2.05, 4.69) is 15.7 Å². The van der Waals surface area contributed by atoms with Gasteiger partial charge < -0.3 is 25.2 Å². The number of benzene rings is 2. The Kier molecular flexibility index (Phi) is 11.9. The molecule has 3 N–H and O–H groups in total. The largest absolute Gasteiger partial charge is 0.445 e. The lowest BCUT2D eigenvalue weighted by Crippen LogP contribution is -2.60. The predicted octanol–water partition coefficient (Wildman–Crippen LogP) is 7.53. The first kappa shape index (κ1) is 37.9. The predicted molar refractivity (Wildman–Crippen MR) is 172 cm³/mol. The van der Waals surface area contributed by atoms with Crippen LogP contribution >= 0.6 is 11.6 Å². The van der Waals surface area contributed by atoms with Crippen LogP contribution in [0, 0.1) is 11.3 Å². The van der Waals surface area contributed by atoms with Gasteiger partial charge in [-0.2, -0.15) is 27.1 Å². The number of amides is 2. The smallest absolute Gasteiger partial charge is 0.407 e. The summed E-state index contributed by atoms with van der Waals surface area (Å²) >= 11 is 6.64. The zero-order valence-electron chi connectivity index (χ0n) is 27.5. The Labute approximate surface area is 286 Å². The van der Waals surface area contributed by atoms with Gasteiger partial charge in [0.15, 0.2) is 5.69 Å². The van der Waals surface area contributed by atoms with Crippen LogP contribution in [0.15, 0.2) is 48.5 Å². The SMILES string of the molecule is CCn1nc(C(=O)NC[C@@]2(O)CC[C@H](C)C[C@@H]2NC(=O)OCc2ccccc2)c(Cl)c1-c1ccc(CC(C)(C)C(F)(F)F)cc1OC(F)F. The number of halogens is 6. The van der Waals surface area contributed by atoms with Crippen molar-refractivity contribution < 1.29 is 46.1 Å². The van der Waals surface area contributed by atoms with Gasteiger partial charge in [-0.3, -0.25) is 9.48 Å². The Morgan fingerprint density at radius 3 is 2.47 bits per heavy atom. The number of carbonyl (C=O) groups excluding carboxylic acids is 2. The molecule has 0 bridgehead atoms. The van der Waals surface area contributed by atoms with Crippen molar-refractivity contribution in [2.45, 2.75) is 91.0 Å². The van der Waals surface area contributed by atoms with Gasteiger partial charge in [-0.05, 0) is 61.8 Å². The molecule has 15 heteroatoms. The van der Waals surface area contributed by atoms with Crippen molar-refractivity contribution in [1.82, 2.24) is 20.4 Å². The Bertz CT molecular complexity index is 1620. The number of aryl methyl sites for hydroxylation is 1. The summed E-state index contributed by atoms with van der Waals surface area (Å²) in [6.45, 7) is 2.24. The zero-order valence-corrected chi connectivity index (χ0v) is 28.3. The van der Waals surface area contributed by atoms with E-state index in [1.165, 1.54) is 16.8 Å². The quantitative estimate of drug-likeness (QED) is 0.167. The highest BCUT2D eigenvalue weighted by Crippen LogP contribution is 2.43. The number of carbonyl (C=O) groups is 2. The molecule has 0 saturated heterocycles. The second-order valence-corrected chi connectivity index (χ2v) is 13.4. The van der Waals surface area contributed by atoms with Gasteiger partial charge in [0.1, 0.15) is 18.0 Å². The van der Waals surface area contributed by atoms with E-state index in [-0.39, 0.29) is 59.6 Å². The standard InChI is InChI=1S/C34H40ClF5N4O5/c1-5-44-28(23-12-11-22(16-24(23)49-30(36)37)17-32(3,4)34(38,39)40)26(35)27(43-44)29(45)41-19-33(47)14-13-20(2)15-25(33)42-31(46)48-18-21-9-7-6-8-10-21/h6-12,16,20,25,30,47H,5,13-15,17-19H2,1-4H3,(H,41,45)(H,42,46)/t20-,25-,33-/m0/s1. The van der Waals surface area contributed by atoms with Crippen LogP contribution in [-0.4, -0.2) is 57.9 Å². The molecule has 3 aromatic rings. The average Bonchev–Trinajstić information content (AvgIpc) is 3.36. The third kappa shape index (κ3) is 9.21. The summed E-state index contributed by atoms with van der Waals surface area (Å²) in [4.78, 5) is 26.1. The van der Waals surface area contributed by atoms with Gasteiger partial charge >= 0.3 is 18.9 Å². The highest BCUT2D eigenvalue weighted by Gasteiger charge is 2.47. The monoisotopic (exact) mass is 714 g/mol. The Hall–Kier alpha value is -3.91. The Morgan fingerprint density at radius 1 is 1.14 bits per heavy atom. The molecule has 1 saturated carbocycles. The molecule has 1 aromatic heterocycles. The second kappa shape index (κ2) is 15.3. The van der Waals surface area contributed by atoms with E-state index in [0.717, 1.165) is 25.5 Å². The third-order valence-electron chi connectivity index (χ3n) is 8.76. The van der Waals surface area contributed by atoms with Crippen LogP contribution in [-0.2, 0) is 24.3 Å². The molecule has 1 fully saturated rings. The molecule has 49 heavy (non-hydrogen) atoms. The summed E-state index contributed by atoms with van der Waals surface area (Å²) in [6.07, 6.45) is -4.48. The van der Waals surface area contributed by atoms with Crippen LogP contribution in [0.2, 0.25) is 5.02 Å². The summed E-state index contributed by atoms with van der Waals surface area (Å²) in [5.41, 5.74) is -3.06. The summed E-state index contributed by atoms with van der Waals surface area (Å²) in [7, 11) is 0. The van der Waals surface area contributed by atoms with E-state index in [1.54, 1.807) is 19.1 Å². The number of rotatable bonds is 12. The number of nitrogens with zero attached hydrogens (tertiary/aromatic N) is 2. The van der Waals surface area contributed by atoms with Gasteiger partial charge in [-0.15, -0.1) is 0 Å². The Balaban J connectivity index is 1.54. The highest BCUT2D eigenvalue weighted by molar-refractivity contribution is 6.36. The lowest BCUT2D eigenvalue weighted by Gasteiger charge is -2.42. The molecule has 2 aromatic carbocycles. The molecular formula is C34H40ClF5N4O5. The van der Waals surface area contributed by atoms with E-state index >= 15 is 0 Å². The molecule has 0 spiro atoms. The zero-order chi connectivity index (χ0) is 36.1. The first-order chi connectivity index (χ1) is 22.9. The van der Waals surface area contributed by atoms with E-state index in [9.17, 15) is 36.6 Å². The number of alkyl carbamates (subject to hydrolysis) is 1. The summed E-state index contributed by atoms with van der Waals surface area (Å²) < 4.78 is 78.9. The van der Waals surface area contributed by atoms with Crippen molar-refractivity contribution in [1.29, 1.82) is 0 Å². The number of nitrogens with one attached hydrogen (secondary N) is 2. The van der Waals surface area contributed by atoms with E-state index in [0.29, 0.717) is 12.8 Å². The molecule has 9 nitrogen and oxygen atoms in total. The van der Waals surface area contributed by atoms with Crippen LogP contribution in [0.5, 0.6) is 5.75 Å². The van der Waals surface area contributed by atoms with Crippen LogP contribution in [0.4, 0.5) is 26.7 Å². The molecule has 1 heterocycles. The minimum Gasteiger partial charge on any atom is -0.445 e. The van der Waals surface area contributed by atoms with Crippen LogP contribution in [0.25, 0.3) is 11.3 Å². The topological polar surface area (TPSA) is 115 Å². The molecule has 268 valence electrons. The number of alkyl halides is 5. The van der Waals surface area contributed by atoms with Gasteiger partial charge in [-0.1, -0.05) is 68.8 Å².